The van der Waals surface area contributed by atoms with Gasteiger partial charge in [0.15, 0.2) is 0 Å². The molecule has 21 heavy (non-hydrogen) atoms. The zero-order chi connectivity index (χ0) is 14.7. The van der Waals surface area contributed by atoms with Gasteiger partial charge in [0.2, 0.25) is 5.88 Å². The number of nitrogens with zero attached hydrogens (tertiary/aromatic N) is 2. The number of para-hydroxylation sites is 1. The van der Waals surface area contributed by atoms with Crippen molar-refractivity contribution in [3.05, 3.63) is 66.2 Å². The molecule has 1 aromatic heterocycles. The first-order chi connectivity index (χ1) is 10.3. The van der Waals surface area contributed by atoms with Crippen molar-refractivity contribution in [3.63, 3.8) is 0 Å². The lowest BCUT2D eigenvalue weighted by atomic mass is 10.0. The zero-order valence-corrected chi connectivity index (χ0v) is 12.0. The summed E-state index contributed by atoms with van der Waals surface area (Å²) in [5.41, 5.74) is 3.67. The maximum atomic E-state index is 10.6. The van der Waals surface area contributed by atoms with Crippen LogP contribution in [-0.2, 0) is 6.42 Å². The van der Waals surface area contributed by atoms with Crippen molar-refractivity contribution in [1.29, 1.82) is 0 Å². The van der Waals surface area contributed by atoms with Gasteiger partial charge < -0.3 is 5.11 Å². The first kappa shape index (κ1) is 13.4. The average Bonchev–Trinajstić information content (AvgIpc) is 2.87. The van der Waals surface area contributed by atoms with Crippen LogP contribution in [-0.4, -0.2) is 14.9 Å². The summed E-state index contributed by atoms with van der Waals surface area (Å²) in [6.07, 6.45) is 1.77. The molecule has 0 spiro atoms. The number of hydrogen-bond acceptors (Lipinski definition) is 2. The fraction of sp³-hybridized carbons (Fsp3) is 0.167. The van der Waals surface area contributed by atoms with Crippen molar-refractivity contribution in [3.8, 4) is 22.8 Å². The molecule has 0 saturated heterocycles. The Morgan fingerprint density at radius 1 is 0.952 bits per heavy atom. The highest BCUT2D eigenvalue weighted by molar-refractivity contribution is 5.66. The van der Waals surface area contributed by atoms with Crippen LogP contribution in [0.15, 0.2) is 60.7 Å². The molecule has 3 nitrogen and oxygen atoms in total. The van der Waals surface area contributed by atoms with Gasteiger partial charge in [-0.05, 0) is 18.6 Å². The maximum absolute atomic E-state index is 10.6. The minimum Gasteiger partial charge on any atom is -0.493 e. The van der Waals surface area contributed by atoms with Crippen LogP contribution in [0.2, 0.25) is 0 Å². The van der Waals surface area contributed by atoms with E-state index in [4.69, 9.17) is 0 Å². The highest BCUT2D eigenvalue weighted by Crippen LogP contribution is 2.32. The molecule has 1 heterocycles. The van der Waals surface area contributed by atoms with Gasteiger partial charge in [-0.25, -0.2) is 4.68 Å². The van der Waals surface area contributed by atoms with Crippen LogP contribution < -0.4 is 0 Å². The van der Waals surface area contributed by atoms with Gasteiger partial charge in [-0.2, -0.15) is 5.10 Å². The van der Waals surface area contributed by atoms with Crippen LogP contribution in [0.5, 0.6) is 5.88 Å². The fourth-order valence-corrected chi connectivity index (χ4v) is 2.50. The normalized spacial score (nSPS) is 10.7. The van der Waals surface area contributed by atoms with Crippen molar-refractivity contribution >= 4 is 0 Å². The van der Waals surface area contributed by atoms with Crippen molar-refractivity contribution in [2.45, 2.75) is 19.8 Å². The minimum atomic E-state index is 0.238. The largest absolute Gasteiger partial charge is 0.493 e. The maximum Gasteiger partial charge on any atom is 0.218 e. The first-order valence-electron chi connectivity index (χ1n) is 7.23. The molecule has 0 saturated carbocycles. The summed E-state index contributed by atoms with van der Waals surface area (Å²) in [6.45, 7) is 2.11. The standard InChI is InChI=1S/C18H18N2O/c1-2-9-16-17(14-10-5-3-6-11-14)19-20(18(16)21)15-12-7-4-8-13-15/h3-8,10-13,21H,2,9H2,1H3. The van der Waals surface area contributed by atoms with Gasteiger partial charge in [-0.1, -0.05) is 61.9 Å². The predicted octanol–water partition coefficient (Wildman–Crippen LogP) is 4.20. The topological polar surface area (TPSA) is 38.0 Å². The van der Waals surface area contributed by atoms with Gasteiger partial charge in [-0.15, -0.1) is 0 Å². The zero-order valence-electron chi connectivity index (χ0n) is 12.0. The molecule has 3 rings (SSSR count). The van der Waals surface area contributed by atoms with E-state index in [0.717, 1.165) is 35.3 Å². The lowest BCUT2D eigenvalue weighted by Crippen LogP contribution is -1.95. The summed E-state index contributed by atoms with van der Waals surface area (Å²) >= 11 is 0. The predicted molar refractivity (Wildman–Crippen MR) is 84.7 cm³/mol. The Kier molecular flexibility index (Phi) is 3.73. The molecular weight excluding hydrogens is 260 g/mol. The Balaban J connectivity index is 2.16. The molecule has 0 atom stereocenters. The number of benzene rings is 2. The number of aromatic nitrogens is 2. The summed E-state index contributed by atoms with van der Waals surface area (Å²) < 4.78 is 1.62. The summed E-state index contributed by atoms with van der Waals surface area (Å²) in [6, 6.07) is 19.7. The molecule has 1 N–H and O–H groups in total. The third kappa shape index (κ3) is 2.55. The molecule has 3 heteroatoms. The van der Waals surface area contributed by atoms with Crippen molar-refractivity contribution in [2.24, 2.45) is 0 Å². The lowest BCUT2D eigenvalue weighted by molar-refractivity contribution is 0.427. The Bertz CT molecular complexity index is 718. The van der Waals surface area contributed by atoms with Crippen molar-refractivity contribution in [2.75, 3.05) is 0 Å². The summed E-state index contributed by atoms with van der Waals surface area (Å²) in [7, 11) is 0. The van der Waals surface area contributed by atoms with E-state index in [1.54, 1.807) is 4.68 Å². The molecule has 2 aromatic carbocycles. The Labute approximate surface area is 124 Å². The lowest BCUT2D eigenvalue weighted by Gasteiger charge is -2.02. The number of aromatic hydroxyl groups is 1. The van der Waals surface area contributed by atoms with Gasteiger partial charge in [0.1, 0.15) is 0 Å². The van der Waals surface area contributed by atoms with Crippen LogP contribution in [0.25, 0.3) is 16.9 Å². The quantitative estimate of drug-likeness (QED) is 0.776. The summed E-state index contributed by atoms with van der Waals surface area (Å²) in [5, 5.41) is 15.2. The monoisotopic (exact) mass is 278 g/mol. The van der Waals surface area contributed by atoms with Crippen LogP contribution in [0, 0.1) is 0 Å². The molecule has 0 radical (unpaired) electrons. The van der Waals surface area contributed by atoms with Crippen LogP contribution >= 0.6 is 0 Å². The Hall–Kier alpha value is -2.55. The van der Waals surface area contributed by atoms with Gasteiger partial charge in [0.25, 0.3) is 0 Å². The second-order valence-electron chi connectivity index (χ2n) is 5.01. The number of rotatable bonds is 4. The van der Waals surface area contributed by atoms with Crippen molar-refractivity contribution in [1.82, 2.24) is 9.78 Å². The second kappa shape index (κ2) is 5.83. The Morgan fingerprint density at radius 3 is 2.19 bits per heavy atom. The van der Waals surface area contributed by atoms with E-state index in [1.807, 2.05) is 60.7 Å². The van der Waals surface area contributed by atoms with Gasteiger partial charge in [-0.3, -0.25) is 0 Å². The highest BCUT2D eigenvalue weighted by Gasteiger charge is 2.18. The molecule has 0 bridgehead atoms. The fourth-order valence-electron chi connectivity index (χ4n) is 2.50. The average molecular weight is 278 g/mol. The number of hydrogen-bond donors (Lipinski definition) is 1. The van der Waals surface area contributed by atoms with Crippen LogP contribution in [0.3, 0.4) is 0 Å². The summed E-state index contributed by atoms with van der Waals surface area (Å²) in [4.78, 5) is 0. The van der Waals surface area contributed by atoms with Crippen molar-refractivity contribution < 1.29 is 5.11 Å². The van der Waals surface area contributed by atoms with E-state index in [1.165, 1.54) is 0 Å². The van der Waals surface area contributed by atoms with Gasteiger partial charge in [0, 0.05) is 11.1 Å². The molecule has 0 aliphatic heterocycles. The van der Waals surface area contributed by atoms with E-state index < -0.39 is 0 Å². The smallest absolute Gasteiger partial charge is 0.218 e. The summed E-state index contributed by atoms with van der Waals surface area (Å²) in [5.74, 6) is 0.238. The molecule has 3 aromatic rings. The third-order valence-electron chi connectivity index (χ3n) is 3.50. The molecule has 0 amide bonds. The van der Waals surface area contributed by atoms with Gasteiger partial charge in [0.05, 0.1) is 11.4 Å². The van der Waals surface area contributed by atoms with E-state index in [2.05, 4.69) is 12.0 Å². The van der Waals surface area contributed by atoms with Crippen LogP contribution in [0.1, 0.15) is 18.9 Å². The molecule has 0 aliphatic rings. The highest BCUT2D eigenvalue weighted by atomic mass is 16.3. The van der Waals surface area contributed by atoms with E-state index in [0.29, 0.717) is 0 Å². The molecule has 0 unspecified atom stereocenters. The van der Waals surface area contributed by atoms with E-state index in [9.17, 15) is 5.11 Å². The van der Waals surface area contributed by atoms with E-state index in [-0.39, 0.29) is 5.88 Å². The molecule has 106 valence electrons. The molecule has 0 fully saturated rings. The Morgan fingerprint density at radius 2 is 1.57 bits per heavy atom. The molecule has 0 aliphatic carbocycles. The third-order valence-corrected chi connectivity index (χ3v) is 3.50. The SMILES string of the molecule is CCCc1c(-c2ccccc2)nn(-c2ccccc2)c1O. The van der Waals surface area contributed by atoms with Crippen LogP contribution in [0.4, 0.5) is 0 Å². The second-order valence-corrected chi connectivity index (χ2v) is 5.01. The minimum absolute atomic E-state index is 0.238. The molecular formula is C18H18N2O. The van der Waals surface area contributed by atoms with E-state index >= 15 is 0 Å². The first-order valence-corrected chi connectivity index (χ1v) is 7.23. The van der Waals surface area contributed by atoms with Gasteiger partial charge >= 0.3 is 0 Å².